The van der Waals surface area contributed by atoms with Crippen LogP contribution >= 0.6 is 0 Å². The molecule has 0 saturated carbocycles. The zero-order valence-electron chi connectivity index (χ0n) is 15.8. The molecule has 3 nitrogen and oxygen atoms in total. The van der Waals surface area contributed by atoms with Crippen molar-refractivity contribution in [2.75, 3.05) is 14.2 Å². The molecule has 2 bridgehead atoms. The molecule has 0 amide bonds. The highest BCUT2D eigenvalue weighted by molar-refractivity contribution is 5.89. The topological polar surface area (TPSA) is 25.4 Å². The summed E-state index contributed by atoms with van der Waals surface area (Å²) >= 11 is 0. The molecule has 0 N–H and O–H groups in total. The molecule has 2 aliphatic heterocycles. The van der Waals surface area contributed by atoms with Crippen molar-refractivity contribution in [2.24, 2.45) is 0 Å². The van der Waals surface area contributed by atoms with Gasteiger partial charge in [0.15, 0.2) is 0 Å². The Bertz CT molecular complexity index is 815. The monoisotopic (exact) mass is 342 g/mol. The first-order valence-corrected chi connectivity index (χ1v) is 9.14. The molecule has 0 aliphatic carbocycles. The van der Waals surface area contributed by atoms with E-state index in [1.807, 2.05) is 52.1 Å². The van der Waals surface area contributed by atoms with Crippen molar-refractivity contribution in [1.29, 1.82) is 0 Å². The van der Waals surface area contributed by atoms with E-state index in [4.69, 9.17) is 4.74 Å². The lowest BCUT2D eigenvalue weighted by Crippen LogP contribution is -2.36. The number of hydrogen-bond donors (Lipinski definition) is 0. The number of aryl methyl sites for hydroxylation is 1. The summed E-state index contributed by atoms with van der Waals surface area (Å²) in [5.41, 5.74) is 3.64. The quantitative estimate of drug-likeness (QED) is 0.757. The van der Waals surface area contributed by atoms with Gasteiger partial charge in [-0.2, -0.15) is 0 Å². The van der Waals surface area contributed by atoms with Crippen LogP contribution in [0.15, 0.2) is 30.1 Å². The lowest BCUT2D eigenvalue weighted by atomic mass is 9.93. The highest BCUT2D eigenvalue weighted by atomic mass is 19.1. The molecule has 1 aromatic carbocycles. The van der Waals surface area contributed by atoms with Gasteiger partial charge >= 0.3 is 0 Å². The van der Waals surface area contributed by atoms with Crippen LogP contribution in [0.5, 0.6) is 5.75 Å². The average Bonchev–Trinajstić information content (AvgIpc) is 2.89. The maximum Gasteiger partial charge on any atom is 0.130 e. The lowest BCUT2D eigenvalue weighted by molar-refractivity contribution is 0.230. The number of halogens is 1. The van der Waals surface area contributed by atoms with Gasteiger partial charge in [-0.3, -0.25) is 9.88 Å². The number of ether oxygens (including phenoxy) is 1. The molecule has 2 aromatic rings. The third-order valence-electron chi connectivity index (χ3n) is 5.33. The van der Waals surface area contributed by atoms with E-state index < -0.39 is 0 Å². The van der Waals surface area contributed by atoms with E-state index in [1.165, 1.54) is 0 Å². The molecule has 0 radical (unpaired) electrons. The minimum atomic E-state index is -0.0440. The predicted octanol–water partition coefficient (Wildman–Crippen LogP) is 5.13. The van der Waals surface area contributed by atoms with Gasteiger partial charge in [0, 0.05) is 23.2 Å². The number of rotatable bonds is 2. The normalized spacial score (nSPS) is 22.8. The Morgan fingerprint density at radius 2 is 1.96 bits per heavy atom. The molecule has 2 atom stereocenters. The van der Waals surface area contributed by atoms with Gasteiger partial charge in [0.1, 0.15) is 11.6 Å². The van der Waals surface area contributed by atoms with Gasteiger partial charge < -0.3 is 4.74 Å². The number of likely N-dealkylation sites (N-methyl/N-ethyl adjacent to an activating group) is 1. The summed E-state index contributed by atoms with van der Waals surface area (Å²) in [4.78, 5) is 6.73. The molecule has 4 rings (SSSR count). The maximum atomic E-state index is 14.9. The Kier molecular flexibility index (Phi) is 5.09. The van der Waals surface area contributed by atoms with Crippen LogP contribution in [-0.2, 0) is 0 Å². The molecule has 1 saturated heterocycles. The minimum absolute atomic E-state index is 0.0413. The van der Waals surface area contributed by atoms with Gasteiger partial charge in [0.05, 0.1) is 18.7 Å². The van der Waals surface area contributed by atoms with Gasteiger partial charge in [0.2, 0.25) is 0 Å². The number of methoxy groups -OCH3 is 1. The van der Waals surface area contributed by atoms with E-state index in [0.29, 0.717) is 6.04 Å². The number of hydrogen-bond acceptors (Lipinski definition) is 3. The maximum absolute atomic E-state index is 14.9. The van der Waals surface area contributed by atoms with Crippen molar-refractivity contribution in [3.8, 4) is 5.75 Å². The summed E-state index contributed by atoms with van der Waals surface area (Å²) < 4.78 is 20.4. The average molecular weight is 342 g/mol. The van der Waals surface area contributed by atoms with Crippen LogP contribution in [0.2, 0.25) is 0 Å². The van der Waals surface area contributed by atoms with Gasteiger partial charge in [-0.25, -0.2) is 4.39 Å². The first-order chi connectivity index (χ1) is 12.1. The predicted molar refractivity (Wildman–Crippen MR) is 102 cm³/mol. The standard InChI is InChI=1S/C19H21FN2O.C2H6/c1-11-8-18(23-3)15-9-12(4-6-16(15)21-11)14-10-13-5-7-17(19(14)20)22(13)2;1-2/h4,6,8-9,13,17H,5,7,10H2,1-3H3;1-2H3. The van der Waals surface area contributed by atoms with Crippen LogP contribution in [0.4, 0.5) is 4.39 Å². The second-order valence-electron chi connectivity index (χ2n) is 6.64. The van der Waals surface area contributed by atoms with Crippen molar-refractivity contribution < 1.29 is 9.13 Å². The first-order valence-electron chi connectivity index (χ1n) is 9.14. The number of aromatic nitrogens is 1. The van der Waals surface area contributed by atoms with Crippen LogP contribution in [0, 0.1) is 6.92 Å². The number of pyridine rings is 1. The van der Waals surface area contributed by atoms with Crippen LogP contribution in [0.25, 0.3) is 16.5 Å². The van der Waals surface area contributed by atoms with Gasteiger partial charge in [-0.1, -0.05) is 19.9 Å². The largest absolute Gasteiger partial charge is 0.496 e. The van der Waals surface area contributed by atoms with E-state index in [1.54, 1.807) is 7.11 Å². The van der Waals surface area contributed by atoms with Gasteiger partial charge in [0.25, 0.3) is 0 Å². The highest BCUT2D eigenvalue weighted by Gasteiger charge is 2.39. The van der Waals surface area contributed by atoms with Crippen molar-refractivity contribution in [2.45, 2.75) is 52.1 Å². The second-order valence-corrected chi connectivity index (χ2v) is 6.64. The molecule has 2 aliphatic rings. The lowest BCUT2D eigenvalue weighted by Gasteiger charge is -2.32. The third kappa shape index (κ3) is 3.04. The molecule has 25 heavy (non-hydrogen) atoms. The first kappa shape index (κ1) is 17.9. The van der Waals surface area contributed by atoms with E-state index in [-0.39, 0.29) is 11.9 Å². The summed E-state index contributed by atoms with van der Waals surface area (Å²) in [6.45, 7) is 5.95. The molecule has 3 heterocycles. The number of benzene rings is 1. The Morgan fingerprint density at radius 3 is 2.68 bits per heavy atom. The molecular formula is C21H27FN2O. The summed E-state index contributed by atoms with van der Waals surface area (Å²) in [5.74, 6) is 0.839. The number of fused-ring (bicyclic) bond motifs is 3. The van der Waals surface area contributed by atoms with Crippen LogP contribution in [0.1, 0.15) is 44.4 Å². The fraction of sp³-hybridized carbons (Fsp3) is 0.476. The molecule has 1 fully saturated rings. The molecule has 134 valence electrons. The van der Waals surface area contributed by atoms with Gasteiger partial charge in [-0.05, 0) is 56.5 Å². The second kappa shape index (κ2) is 7.12. The van der Waals surface area contributed by atoms with Crippen molar-refractivity contribution in [3.63, 3.8) is 0 Å². The van der Waals surface area contributed by atoms with E-state index in [2.05, 4.69) is 9.88 Å². The Balaban J connectivity index is 0.000000880. The minimum Gasteiger partial charge on any atom is -0.496 e. The third-order valence-corrected chi connectivity index (χ3v) is 5.33. The highest BCUT2D eigenvalue weighted by Crippen LogP contribution is 2.43. The molecule has 1 aromatic heterocycles. The van der Waals surface area contributed by atoms with E-state index >= 15 is 0 Å². The summed E-state index contributed by atoms with van der Waals surface area (Å²) in [5, 5.41) is 0.946. The zero-order valence-corrected chi connectivity index (χ0v) is 15.8. The summed E-state index contributed by atoms with van der Waals surface area (Å²) in [6, 6.07) is 8.34. The SMILES string of the molecule is CC.COc1cc(C)nc2ccc(C3=C(F)C4CCC(C3)N4C)cc12. The summed E-state index contributed by atoms with van der Waals surface area (Å²) in [6.07, 6.45) is 2.79. The molecular weight excluding hydrogens is 315 g/mol. The van der Waals surface area contributed by atoms with Crippen molar-refractivity contribution in [3.05, 3.63) is 41.3 Å². The Hall–Kier alpha value is -1.94. The fourth-order valence-corrected chi connectivity index (χ4v) is 4.03. The zero-order chi connectivity index (χ0) is 18.1. The fourth-order valence-electron chi connectivity index (χ4n) is 4.03. The smallest absolute Gasteiger partial charge is 0.130 e. The van der Waals surface area contributed by atoms with Crippen LogP contribution < -0.4 is 4.74 Å². The van der Waals surface area contributed by atoms with Crippen molar-refractivity contribution >= 4 is 16.5 Å². The summed E-state index contributed by atoms with van der Waals surface area (Å²) in [7, 11) is 3.70. The van der Waals surface area contributed by atoms with E-state index in [9.17, 15) is 4.39 Å². The van der Waals surface area contributed by atoms with Gasteiger partial charge in [-0.15, -0.1) is 0 Å². The van der Waals surface area contributed by atoms with Crippen molar-refractivity contribution in [1.82, 2.24) is 9.88 Å². The number of nitrogens with zero attached hydrogens (tertiary/aromatic N) is 2. The van der Waals surface area contributed by atoms with Crippen LogP contribution in [0.3, 0.4) is 0 Å². The molecule has 2 unspecified atom stereocenters. The Morgan fingerprint density at radius 1 is 1.20 bits per heavy atom. The van der Waals surface area contributed by atoms with Crippen LogP contribution in [-0.4, -0.2) is 36.1 Å². The molecule has 4 heteroatoms. The van der Waals surface area contributed by atoms with E-state index in [0.717, 1.165) is 52.7 Å². The Labute approximate surface area is 149 Å². The molecule has 0 spiro atoms.